The van der Waals surface area contributed by atoms with Crippen molar-refractivity contribution in [3.63, 3.8) is 0 Å². The van der Waals surface area contributed by atoms with E-state index in [4.69, 9.17) is 14.7 Å². The van der Waals surface area contributed by atoms with Gasteiger partial charge in [-0.25, -0.2) is 4.57 Å². The number of hydrogen-bond donors (Lipinski definition) is 3. The van der Waals surface area contributed by atoms with Crippen molar-refractivity contribution in [2.75, 3.05) is 7.11 Å². The lowest BCUT2D eigenvalue weighted by molar-refractivity contribution is -0.134. The van der Waals surface area contributed by atoms with Crippen LogP contribution >= 0.6 is 14.5 Å². The Bertz CT molecular complexity index is 206. The van der Waals surface area contributed by atoms with Gasteiger partial charge in [0.2, 0.25) is 0 Å². The highest BCUT2D eigenvalue weighted by Gasteiger charge is 2.22. The van der Waals surface area contributed by atoms with Gasteiger partial charge < -0.3 is 19.2 Å². The van der Waals surface area contributed by atoms with Gasteiger partial charge in [-0.3, -0.25) is 0 Å². The molecule has 0 aromatic heterocycles. The lowest BCUT2D eigenvalue weighted by Gasteiger charge is -2.10. The second-order valence-electron chi connectivity index (χ2n) is 1.29. The number of rotatable bonds is 4. The van der Waals surface area contributed by atoms with Gasteiger partial charge in [0.25, 0.3) is 0 Å². The van der Waals surface area contributed by atoms with Gasteiger partial charge in [0.05, 0.1) is 0 Å². The molecule has 68 valence electrons. The summed E-state index contributed by atoms with van der Waals surface area (Å²) >= 11 is 4.17. The lowest BCUT2D eigenvalue weighted by Crippen LogP contribution is -1.91. The van der Waals surface area contributed by atoms with Crippen molar-refractivity contribution in [3.8, 4) is 0 Å². The second-order valence-corrected chi connectivity index (χ2v) is 5.26. The molecule has 0 fully saturated rings. The Morgan fingerprint density at radius 2 is 1.73 bits per heavy atom. The van der Waals surface area contributed by atoms with Crippen molar-refractivity contribution < 1.29 is 33.1 Å². The Morgan fingerprint density at radius 1 is 1.27 bits per heavy atom. The molecule has 0 aliphatic rings. The Labute approximate surface area is 67.3 Å². The third-order valence-corrected chi connectivity index (χ3v) is 2.20. The highest BCUT2D eigenvalue weighted by atomic mass is 32.5. The highest BCUT2D eigenvalue weighted by Crippen LogP contribution is 2.49. The van der Waals surface area contributed by atoms with Crippen molar-refractivity contribution in [2.45, 2.75) is 0 Å². The molecular formula is CH6O7P2S. The Balaban J connectivity index is 3.91. The highest BCUT2D eigenvalue weighted by molar-refractivity contribution is 8.07. The van der Waals surface area contributed by atoms with Crippen LogP contribution in [0.4, 0.5) is 0 Å². The average Bonchev–Trinajstić information content (AvgIpc) is 1.83. The molecule has 0 saturated carbocycles. The van der Waals surface area contributed by atoms with Crippen LogP contribution in [0.1, 0.15) is 0 Å². The summed E-state index contributed by atoms with van der Waals surface area (Å²) in [7, 11) is -3.76. The molecule has 10 heteroatoms. The van der Waals surface area contributed by atoms with Crippen LogP contribution in [0.5, 0.6) is 0 Å². The normalized spacial score (nSPS) is 17.8. The zero-order chi connectivity index (χ0) is 9.12. The zero-order valence-electron chi connectivity index (χ0n) is 5.28. The van der Waals surface area contributed by atoms with E-state index in [1.54, 1.807) is 0 Å². The van der Waals surface area contributed by atoms with Gasteiger partial charge in [0.1, 0.15) is 0 Å². The molecule has 0 aromatic carbocycles. The van der Waals surface area contributed by atoms with Gasteiger partial charge in [-0.15, -0.1) is 9.35 Å². The summed E-state index contributed by atoms with van der Waals surface area (Å²) in [5, 5.41) is 0. The average molecular weight is 224 g/mol. The summed E-state index contributed by atoms with van der Waals surface area (Å²) in [6, 6.07) is 0. The SMILES string of the molecule is COP(O)(=S)OOP(=O)(O)O. The number of phosphoric acid groups is 1. The summed E-state index contributed by atoms with van der Waals surface area (Å²) in [5.41, 5.74) is 0. The molecule has 1 atom stereocenters. The van der Waals surface area contributed by atoms with Crippen LogP contribution in [0.15, 0.2) is 0 Å². The minimum Gasteiger partial charge on any atom is -0.323 e. The van der Waals surface area contributed by atoms with Crippen LogP contribution in [0.2, 0.25) is 0 Å². The van der Waals surface area contributed by atoms with Crippen molar-refractivity contribution in [3.05, 3.63) is 0 Å². The first-order valence-corrected chi connectivity index (χ1v) is 6.21. The van der Waals surface area contributed by atoms with E-state index in [1.165, 1.54) is 0 Å². The molecule has 0 aromatic rings. The molecule has 11 heavy (non-hydrogen) atoms. The monoisotopic (exact) mass is 224 g/mol. The summed E-state index contributed by atoms with van der Waals surface area (Å²) in [6.07, 6.45) is 0. The summed E-state index contributed by atoms with van der Waals surface area (Å²) < 4.78 is 21.2. The third kappa shape index (κ3) is 7.02. The van der Waals surface area contributed by atoms with Gasteiger partial charge in [-0.05, 0) is 11.8 Å². The molecule has 0 heterocycles. The molecule has 0 spiro atoms. The maximum absolute atomic E-state index is 9.95. The smallest absolute Gasteiger partial charge is 0.323 e. The predicted molar refractivity (Wildman–Crippen MR) is 37.7 cm³/mol. The van der Waals surface area contributed by atoms with E-state index in [0.29, 0.717) is 0 Å². The van der Waals surface area contributed by atoms with E-state index >= 15 is 0 Å². The van der Waals surface area contributed by atoms with E-state index < -0.39 is 14.5 Å². The second kappa shape index (κ2) is 4.04. The molecule has 0 amide bonds. The fraction of sp³-hybridized carbons (Fsp3) is 1.00. The Kier molecular flexibility index (Phi) is 4.28. The van der Waals surface area contributed by atoms with Crippen LogP contribution in [0, 0.1) is 0 Å². The maximum Gasteiger partial charge on any atom is 0.497 e. The zero-order valence-corrected chi connectivity index (χ0v) is 7.88. The third-order valence-electron chi connectivity index (χ3n) is 0.455. The van der Waals surface area contributed by atoms with Gasteiger partial charge in [0, 0.05) is 7.11 Å². The first kappa shape index (κ1) is 11.6. The van der Waals surface area contributed by atoms with Crippen molar-refractivity contribution in [1.29, 1.82) is 0 Å². The minimum atomic E-state index is -4.78. The topological polar surface area (TPSA) is 105 Å². The van der Waals surface area contributed by atoms with Gasteiger partial charge in [-0.2, -0.15) is 0 Å². The molecule has 0 saturated heterocycles. The van der Waals surface area contributed by atoms with Crippen molar-refractivity contribution in [2.24, 2.45) is 0 Å². The largest absolute Gasteiger partial charge is 0.497 e. The van der Waals surface area contributed by atoms with E-state index in [0.717, 1.165) is 7.11 Å². The first-order chi connectivity index (χ1) is 4.77. The molecule has 3 N–H and O–H groups in total. The van der Waals surface area contributed by atoms with Gasteiger partial charge in [-0.1, -0.05) is 0 Å². The predicted octanol–water partition coefficient (Wildman–Crippen LogP) is -0.110. The summed E-state index contributed by atoms with van der Waals surface area (Å²) in [6.45, 7) is -3.65. The van der Waals surface area contributed by atoms with Crippen LogP contribution in [0.25, 0.3) is 0 Å². The minimum absolute atomic E-state index is 1.02. The maximum atomic E-state index is 9.95. The first-order valence-electron chi connectivity index (χ1n) is 2.09. The van der Waals surface area contributed by atoms with Gasteiger partial charge in [0.15, 0.2) is 0 Å². The molecule has 0 radical (unpaired) electrons. The molecule has 0 aliphatic heterocycles. The molecular weight excluding hydrogens is 218 g/mol. The van der Waals surface area contributed by atoms with Crippen molar-refractivity contribution in [1.82, 2.24) is 0 Å². The lowest BCUT2D eigenvalue weighted by atomic mass is 11.8. The molecule has 0 rings (SSSR count). The molecule has 7 nitrogen and oxygen atoms in total. The van der Waals surface area contributed by atoms with Gasteiger partial charge >= 0.3 is 14.5 Å². The fourth-order valence-corrected chi connectivity index (χ4v) is 1.11. The Hall–Kier alpha value is 0.640. The van der Waals surface area contributed by atoms with Crippen LogP contribution in [0.3, 0.4) is 0 Å². The van der Waals surface area contributed by atoms with Crippen LogP contribution in [-0.4, -0.2) is 21.8 Å². The van der Waals surface area contributed by atoms with E-state index in [2.05, 4.69) is 25.7 Å². The Morgan fingerprint density at radius 3 is 2.00 bits per heavy atom. The van der Waals surface area contributed by atoms with Crippen LogP contribution in [-0.2, 0) is 30.2 Å². The fourth-order valence-electron chi connectivity index (χ4n) is 0.116. The van der Waals surface area contributed by atoms with E-state index in [-0.39, 0.29) is 0 Å². The quantitative estimate of drug-likeness (QED) is 0.345. The number of hydrogen-bond acceptors (Lipinski definition) is 5. The molecule has 1 unspecified atom stereocenters. The summed E-state index contributed by atoms with van der Waals surface area (Å²) in [4.78, 5) is 24.8. The van der Waals surface area contributed by atoms with E-state index in [1.807, 2.05) is 0 Å². The molecule has 0 bridgehead atoms. The summed E-state index contributed by atoms with van der Waals surface area (Å²) in [5.74, 6) is 0. The van der Waals surface area contributed by atoms with E-state index in [9.17, 15) is 4.57 Å². The standard InChI is InChI=1S/CH6O7P2S/c1-6-10(5,11)8-7-9(2,3)4/h1H3,(H,5,11)(H2,2,3,4). The molecule has 0 aliphatic carbocycles. The van der Waals surface area contributed by atoms with Crippen LogP contribution < -0.4 is 0 Å². The van der Waals surface area contributed by atoms with Crippen molar-refractivity contribution >= 4 is 26.3 Å².